The van der Waals surface area contributed by atoms with Gasteiger partial charge in [-0.15, -0.1) is 0 Å². The van der Waals surface area contributed by atoms with Crippen molar-refractivity contribution >= 4 is 29.3 Å². The highest BCUT2D eigenvalue weighted by atomic mass is 32.2. The summed E-state index contributed by atoms with van der Waals surface area (Å²) in [6.07, 6.45) is 0. The number of benzene rings is 2. The Bertz CT molecular complexity index is 976. The lowest BCUT2D eigenvalue weighted by molar-refractivity contribution is -0.113. The zero-order chi connectivity index (χ0) is 19.9. The number of rotatable bonds is 6. The second-order valence-electron chi connectivity index (χ2n) is 5.95. The Morgan fingerprint density at radius 1 is 1.04 bits per heavy atom. The Kier molecular flexibility index (Phi) is 6.39. The second kappa shape index (κ2) is 9.14. The standard InChI is InChI=1S/C21H19N3O3S/c1-14-12-18(15-6-4-3-5-7-15)24-21(22-14)28-13-19(25)23-17-10-8-16(9-11-17)20(26)27-2/h3-12H,13H2,1-2H3,(H,23,25). The van der Waals surface area contributed by atoms with Gasteiger partial charge in [-0.25, -0.2) is 14.8 Å². The Morgan fingerprint density at radius 3 is 2.43 bits per heavy atom. The molecule has 3 rings (SSSR count). The van der Waals surface area contributed by atoms with Gasteiger partial charge in [-0.2, -0.15) is 0 Å². The van der Waals surface area contributed by atoms with Crippen LogP contribution in [-0.2, 0) is 9.53 Å². The molecular weight excluding hydrogens is 374 g/mol. The van der Waals surface area contributed by atoms with Gasteiger partial charge in [0, 0.05) is 16.9 Å². The van der Waals surface area contributed by atoms with Crippen molar-refractivity contribution in [3.63, 3.8) is 0 Å². The molecule has 2 aromatic carbocycles. The summed E-state index contributed by atoms with van der Waals surface area (Å²) in [4.78, 5) is 32.6. The maximum atomic E-state index is 12.2. The van der Waals surface area contributed by atoms with Crippen molar-refractivity contribution < 1.29 is 14.3 Å². The molecule has 0 saturated heterocycles. The summed E-state index contributed by atoms with van der Waals surface area (Å²) in [6, 6.07) is 18.3. The van der Waals surface area contributed by atoms with Crippen molar-refractivity contribution in [2.24, 2.45) is 0 Å². The summed E-state index contributed by atoms with van der Waals surface area (Å²) >= 11 is 1.27. The van der Waals surface area contributed by atoms with E-state index in [4.69, 9.17) is 0 Å². The summed E-state index contributed by atoms with van der Waals surface area (Å²) in [7, 11) is 1.33. The minimum atomic E-state index is -0.417. The number of nitrogens with one attached hydrogen (secondary N) is 1. The molecule has 0 aliphatic carbocycles. The molecule has 3 aromatic rings. The van der Waals surface area contributed by atoms with Gasteiger partial charge in [-0.05, 0) is 37.3 Å². The average molecular weight is 393 g/mol. The second-order valence-corrected chi connectivity index (χ2v) is 6.89. The Labute approximate surface area is 167 Å². The fraction of sp³-hybridized carbons (Fsp3) is 0.143. The largest absolute Gasteiger partial charge is 0.465 e. The number of hydrogen-bond donors (Lipinski definition) is 1. The van der Waals surface area contributed by atoms with E-state index in [1.807, 2.05) is 43.3 Å². The van der Waals surface area contributed by atoms with Crippen LogP contribution in [0.3, 0.4) is 0 Å². The molecule has 0 spiro atoms. The molecular formula is C21H19N3O3S. The Hall–Kier alpha value is -3.19. The first-order valence-electron chi connectivity index (χ1n) is 8.57. The van der Waals surface area contributed by atoms with E-state index in [0.717, 1.165) is 17.0 Å². The third-order valence-electron chi connectivity index (χ3n) is 3.83. The number of aryl methyl sites for hydroxylation is 1. The lowest BCUT2D eigenvalue weighted by atomic mass is 10.1. The Morgan fingerprint density at radius 2 is 1.75 bits per heavy atom. The molecule has 0 saturated carbocycles. The van der Waals surface area contributed by atoms with Gasteiger partial charge in [0.1, 0.15) is 0 Å². The maximum Gasteiger partial charge on any atom is 0.337 e. The molecule has 0 bridgehead atoms. The number of aromatic nitrogens is 2. The van der Waals surface area contributed by atoms with Gasteiger partial charge >= 0.3 is 5.97 Å². The lowest BCUT2D eigenvalue weighted by Gasteiger charge is -2.07. The van der Waals surface area contributed by atoms with Crippen molar-refractivity contribution in [1.82, 2.24) is 9.97 Å². The van der Waals surface area contributed by atoms with E-state index in [9.17, 15) is 9.59 Å². The van der Waals surface area contributed by atoms with Crippen molar-refractivity contribution in [3.8, 4) is 11.3 Å². The highest BCUT2D eigenvalue weighted by molar-refractivity contribution is 7.99. The smallest absolute Gasteiger partial charge is 0.337 e. The summed E-state index contributed by atoms with van der Waals surface area (Å²) in [5.74, 6) is -0.419. The lowest BCUT2D eigenvalue weighted by Crippen LogP contribution is -2.14. The molecule has 1 amide bonds. The van der Waals surface area contributed by atoms with Crippen LogP contribution in [-0.4, -0.2) is 34.7 Å². The number of amides is 1. The highest BCUT2D eigenvalue weighted by Gasteiger charge is 2.10. The van der Waals surface area contributed by atoms with Crippen LogP contribution in [0.4, 0.5) is 5.69 Å². The predicted molar refractivity (Wildman–Crippen MR) is 109 cm³/mol. The number of carbonyl (C=O) groups excluding carboxylic acids is 2. The van der Waals surface area contributed by atoms with Gasteiger partial charge in [0.25, 0.3) is 0 Å². The van der Waals surface area contributed by atoms with Crippen molar-refractivity contribution in [3.05, 3.63) is 71.9 Å². The van der Waals surface area contributed by atoms with Crippen molar-refractivity contribution in [2.75, 3.05) is 18.2 Å². The van der Waals surface area contributed by atoms with Crippen LogP contribution >= 0.6 is 11.8 Å². The van der Waals surface area contributed by atoms with Crippen molar-refractivity contribution in [1.29, 1.82) is 0 Å². The number of methoxy groups -OCH3 is 1. The first-order chi connectivity index (χ1) is 13.5. The molecule has 142 valence electrons. The van der Waals surface area contributed by atoms with E-state index in [1.54, 1.807) is 24.3 Å². The zero-order valence-corrected chi connectivity index (χ0v) is 16.3. The number of nitrogens with zero attached hydrogens (tertiary/aromatic N) is 2. The van der Waals surface area contributed by atoms with Gasteiger partial charge in [-0.1, -0.05) is 42.1 Å². The number of esters is 1. The van der Waals surface area contributed by atoms with Gasteiger partial charge < -0.3 is 10.1 Å². The average Bonchev–Trinajstić information content (AvgIpc) is 2.72. The quantitative estimate of drug-likeness (QED) is 0.388. The van der Waals surface area contributed by atoms with Crippen LogP contribution < -0.4 is 5.32 Å². The molecule has 1 N–H and O–H groups in total. The number of anilines is 1. The van der Waals surface area contributed by atoms with Crippen LogP contribution in [0, 0.1) is 6.92 Å². The number of thioether (sulfide) groups is 1. The summed E-state index contributed by atoms with van der Waals surface area (Å²) < 4.78 is 4.65. The third kappa shape index (κ3) is 5.17. The van der Waals surface area contributed by atoms with Gasteiger partial charge in [0.05, 0.1) is 24.1 Å². The van der Waals surface area contributed by atoms with Gasteiger partial charge in [0.2, 0.25) is 5.91 Å². The minimum absolute atomic E-state index is 0.177. The summed E-state index contributed by atoms with van der Waals surface area (Å²) in [5.41, 5.74) is 3.71. The molecule has 0 fully saturated rings. The molecule has 0 atom stereocenters. The zero-order valence-electron chi connectivity index (χ0n) is 15.5. The van der Waals surface area contributed by atoms with E-state index in [0.29, 0.717) is 16.4 Å². The van der Waals surface area contributed by atoms with Gasteiger partial charge in [0.15, 0.2) is 5.16 Å². The number of hydrogen-bond acceptors (Lipinski definition) is 6. The molecule has 0 aliphatic rings. The van der Waals surface area contributed by atoms with Crippen LogP contribution in [0.15, 0.2) is 65.8 Å². The molecule has 1 aromatic heterocycles. The van der Waals surface area contributed by atoms with Crippen molar-refractivity contribution in [2.45, 2.75) is 12.1 Å². The Balaban J connectivity index is 1.61. The van der Waals surface area contributed by atoms with Gasteiger partial charge in [-0.3, -0.25) is 4.79 Å². The molecule has 0 radical (unpaired) electrons. The van der Waals surface area contributed by atoms with E-state index in [2.05, 4.69) is 20.0 Å². The fourth-order valence-electron chi connectivity index (χ4n) is 2.50. The minimum Gasteiger partial charge on any atom is -0.465 e. The molecule has 6 nitrogen and oxygen atoms in total. The van der Waals surface area contributed by atoms with Crippen LogP contribution in [0.25, 0.3) is 11.3 Å². The van der Waals surface area contributed by atoms with E-state index in [1.165, 1.54) is 18.9 Å². The van der Waals surface area contributed by atoms with Crippen LogP contribution in [0.2, 0.25) is 0 Å². The molecule has 1 heterocycles. The molecule has 7 heteroatoms. The first kappa shape index (κ1) is 19.6. The predicted octanol–water partition coefficient (Wildman–Crippen LogP) is 3.97. The molecule has 28 heavy (non-hydrogen) atoms. The van der Waals surface area contributed by atoms with Crippen LogP contribution in [0.5, 0.6) is 0 Å². The normalized spacial score (nSPS) is 10.4. The number of ether oxygens (including phenoxy) is 1. The summed E-state index contributed by atoms with van der Waals surface area (Å²) in [6.45, 7) is 1.90. The first-order valence-corrected chi connectivity index (χ1v) is 9.56. The maximum absolute atomic E-state index is 12.2. The SMILES string of the molecule is COC(=O)c1ccc(NC(=O)CSc2nc(C)cc(-c3ccccc3)n2)cc1. The highest BCUT2D eigenvalue weighted by Crippen LogP contribution is 2.22. The molecule has 0 unspecified atom stereocenters. The van der Waals surface area contributed by atoms with E-state index in [-0.39, 0.29) is 11.7 Å². The number of carbonyl (C=O) groups is 2. The topological polar surface area (TPSA) is 81.2 Å². The van der Waals surface area contributed by atoms with E-state index >= 15 is 0 Å². The van der Waals surface area contributed by atoms with Crippen LogP contribution in [0.1, 0.15) is 16.1 Å². The van der Waals surface area contributed by atoms with E-state index < -0.39 is 5.97 Å². The molecule has 0 aliphatic heterocycles. The summed E-state index contributed by atoms with van der Waals surface area (Å²) in [5, 5.41) is 3.34. The third-order valence-corrected chi connectivity index (χ3v) is 4.67. The monoisotopic (exact) mass is 393 g/mol. The fourth-order valence-corrected chi connectivity index (χ4v) is 3.20.